The molecule has 0 saturated heterocycles. The highest BCUT2D eigenvalue weighted by Gasteiger charge is 2.44. The van der Waals surface area contributed by atoms with Crippen LogP contribution in [0.1, 0.15) is 45.2 Å². The van der Waals surface area contributed by atoms with Gasteiger partial charge in [-0.1, -0.05) is 210 Å². The zero-order valence-electron chi connectivity index (χ0n) is 39.8. The van der Waals surface area contributed by atoms with E-state index in [0.717, 1.165) is 45.0 Å². The average molecular weight is 918 g/mol. The minimum atomic E-state index is -3.03. The van der Waals surface area contributed by atoms with E-state index in [0.29, 0.717) is 17.6 Å². The summed E-state index contributed by atoms with van der Waals surface area (Å²) >= 11 is 0. The van der Waals surface area contributed by atoms with Gasteiger partial charge in [-0.2, -0.15) is 9.97 Å². The fourth-order valence-electron chi connectivity index (χ4n) is 12.4. The van der Waals surface area contributed by atoms with Crippen molar-refractivity contribution in [3.8, 4) is 34.4 Å². The molecule has 1 aliphatic rings. The standard InChI is InChI=1S/C64H51N5Si/c1-63(2)42-64(3,4)54-41-58-52(40-53(54)63)50-33-16-18-35-55(50)68(58)44-24-22-23-43(39-44)60-65-61(67-62(66-60)69-56-36-19-14-31-48(56)49-32-15-20-37-57(49)69)51-34-17-21-38-59(51)70(45-25-8-5-9-26-45,46-27-10-6-11-28-46)47-29-12-7-13-30-47/h5-41H,42H2,1-4H3. The van der Waals surface area contributed by atoms with Crippen LogP contribution in [-0.2, 0) is 10.8 Å². The van der Waals surface area contributed by atoms with Gasteiger partial charge in [0.2, 0.25) is 5.95 Å². The number of nitrogens with zero attached hydrogens (tertiary/aromatic N) is 5. The third-order valence-corrected chi connectivity index (χ3v) is 20.0. The van der Waals surface area contributed by atoms with E-state index in [9.17, 15) is 0 Å². The van der Waals surface area contributed by atoms with Crippen LogP contribution in [0, 0.1) is 0 Å². The summed E-state index contributed by atoms with van der Waals surface area (Å²) in [7, 11) is -3.03. The molecule has 3 aromatic heterocycles. The second-order valence-electron chi connectivity index (χ2n) is 20.3. The van der Waals surface area contributed by atoms with Gasteiger partial charge in [-0.3, -0.25) is 4.57 Å². The van der Waals surface area contributed by atoms with E-state index in [1.807, 2.05) is 0 Å². The Balaban J connectivity index is 1.09. The van der Waals surface area contributed by atoms with Crippen LogP contribution in [-0.4, -0.2) is 32.2 Å². The molecule has 336 valence electrons. The van der Waals surface area contributed by atoms with Crippen LogP contribution in [0.5, 0.6) is 0 Å². The van der Waals surface area contributed by atoms with Crippen LogP contribution in [0.3, 0.4) is 0 Å². The summed E-state index contributed by atoms with van der Waals surface area (Å²) in [6.07, 6.45) is 1.11. The Morgan fingerprint density at radius 1 is 0.386 bits per heavy atom. The molecule has 0 bridgehead atoms. The quantitative estimate of drug-likeness (QED) is 0.113. The lowest BCUT2D eigenvalue weighted by Gasteiger charge is -2.35. The zero-order valence-corrected chi connectivity index (χ0v) is 40.8. The number of fused-ring (bicyclic) bond motifs is 7. The molecule has 0 atom stereocenters. The second-order valence-corrected chi connectivity index (χ2v) is 24.1. The highest BCUT2D eigenvalue weighted by atomic mass is 28.3. The van der Waals surface area contributed by atoms with E-state index in [4.69, 9.17) is 15.0 Å². The molecular formula is C64H51N5Si. The van der Waals surface area contributed by atoms with Crippen LogP contribution in [0.15, 0.2) is 224 Å². The van der Waals surface area contributed by atoms with Crippen molar-refractivity contribution < 1.29 is 0 Å². The lowest BCUT2D eigenvalue weighted by molar-refractivity contribution is 0.403. The molecule has 0 fully saturated rings. The van der Waals surface area contributed by atoms with E-state index in [1.165, 1.54) is 53.7 Å². The summed E-state index contributed by atoms with van der Waals surface area (Å²) in [5.41, 5.74) is 10.4. The van der Waals surface area contributed by atoms with Gasteiger partial charge in [0.05, 0.1) is 22.1 Å². The first-order valence-electron chi connectivity index (χ1n) is 24.4. The molecule has 9 aromatic carbocycles. The first-order valence-corrected chi connectivity index (χ1v) is 26.4. The Morgan fingerprint density at radius 2 is 0.857 bits per heavy atom. The minimum Gasteiger partial charge on any atom is -0.309 e. The fraction of sp³-hybridized carbons (Fsp3) is 0.109. The van der Waals surface area contributed by atoms with E-state index in [2.05, 4.69) is 261 Å². The van der Waals surface area contributed by atoms with Gasteiger partial charge in [0.25, 0.3) is 0 Å². The van der Waals surface area contributed by atoms with Crippen LogP contribution in [0.4, 0.5) is 0 Å². The van der Waals surface area contributed by atoms with Crippen molar-refractivity contribution in [2.75, 3.05) is 0 Å². The van der Waals surface area contributed by atoms with Crippen molar-refractivity contribution in [2.24, 2.45) is 0 Å². The van der Waals surface area contributed by atoms with Crippen molar-refractivity contribution in [1.82, 2.24) is 24.1 Å². The van der Waals surface area contributed by atoms with Gasteiger partial charge in [0.1, 0.15) is 0 Å². The smallest absolute Gasteiger partial charge is 0.238 e. The maximum absolute atomic E-state index is 5.61. The summed E-state index contributed by atoms with van der Waals surface area (Å²) in [6, 6.07) is 81.8. The third-order valence-electron chi connectivity index (χ3n) is 15.1. The third kappa shape index (κ3) is 6.40. The van der Waals surface area contributed by atoms with Crippen molar-refractivity contribution in [3.63, 3.8) is 0 Å². The van der Waals surface area contributed by atoms with Gasteiger partial charge < -0.3 is 4.57 Å². The van der Waals surface area contributed by atoms with Gasteiger partial charge in [-0.25, -0.2) is 4.98 Å². The van der Waals surface area contributed by atoms with Gasteiger partial charge in [-0.05, 0) is 91.6 Å². The number of aromatic nitrogens is 5. The summed E-state index contributed by atoms with van der Waals surface area (Å²) in [5.74, 6) is 1.80. The number of hydrogen-bond acceptors (Lipinski definition) is 3. The molecule has 70 heavy (non-hydrogen) atoms. The minimum absolute atomic E-state index is 0.0545. The topological polar surface area (TPSA) is 48.5 Å². The Morgan fingerprint density at radius 3 is 1.44 bits per heavy atom. The average Bonchev–Trinajstić information content (AvgIpc) is 3.98. The van der Waals surface area contributed by atoms with Crippen LogP contribution < -0.4 is 20.7 Å². The highest BCUT2D eigenvalue weighted by molar-refractivity contribution is 7.20. The number of para-hydroxylation sites is 3. The van der Waals surface area contributed by atoms with Crippen molar-refractivity contribution in [3.05, 3.63) is 236 Å². The number of hydrogen-bond donors (Lipinski definition) is 0. The van der Waals surface area contributed by atoms with Crippen LogP contribution in [0.25, 0.3) is 78.0 Å². The number of rotatable bonds is 8. The molecule has 0 amide bonds. The lowest BCUT2D eigenvalue weighted by Crippen LogP contribution is -2.75. The maximum atomic E-state index is 5.61. The molecule has 5 nitrogen and oxygen atoms in total. The Bertz CT molecular complexity index is 3830. The summed E-state index contributed by atoms with van der Waals surface area (Å²) in [6.45, 7) is 9.60. The molecular weight excluding hydrogens is 867 g/mol. The van der Waals surface area contributed by atoms with Crippen molar-refractivity contribution in [1.29, 1.82) is 0 Å². The van der Waals surface area contributed by atoms with E-state index in [1.54, 1.807) is 0 Å². The van der Waals surface area contributed by atoms with Crippen molar-refractivity contribution in [2.45, 2.75) is 44.9 Å². The molecule has 1 aliphatic carbocycles. The predicted molar refractivity (Wildman–Crippen MR) is 294 cm³/mol. The fourth-order valence-corrected chi connectivity index (χ4v) is 17.3. The molecule has 0 spiro atoms. The highest BCUT2D eigenvalue weighted by Crippen LogP contribution is 2.51. The summed E-state index contributed by atoms with van der Waals surface area (Å²) in [4.78, 5) is 16.7. The monoisotopic (exact) mass is 917 g/mol. The first kappa shape index (κ1) is 42.0. The second kappa shape index (κ2) is 15.9. The maximum Gasteiger partial charge on any atom is 0.238 e. The predicted octanol–water partition coefficient (Wildman–Crippen LogP) is 12.7. The Hall–Kier alpha value is -8.19. The molecule has 0 aliphatic heterocycles. The van der Waals surface area contributed by atoms with Crippen LogP contribution >= 0.6 is 0 Å². The van der Waals surface area contributed by atoms with E-state index < -0.39 is 8.07 Å². The summed E-state index contributed by atoms with van der Waals surface area (Å²) < 4.78 is 4.67. The molecule has 0 N–H and O–H groups in total. The molecule has 12 aromatic rings. The van der Waals surface area contributed by atoms with Gasteiger partial charge >= 0.3 is 0 Å². The molecule has 6 heteroatoms. The normalized spacial score (nSPS) is 14.2. The van der Waals surface area contributed by atoms with Crippen LogP contribution in [0.2, 0.25) is 0 Å². The molecule has 0 unspecified atom stereocenters. The van der Waals surface area contributed by atoms with Gasteiger partial charge in [0, 0.05) is 38.4 Å². The molecule has 3 heterocycles. The number of benzene rings is 9. The zero-order chi connectivity index (χ0) is 47.2. The SMILES string of the molecule is CC1(C)CC(C)(C)c2cc3c(cc21)c1ccccc1n3-c1cccc(-c2nc(-c3ccccc3[Si](c3ccccc3)(c3ccccc3)c3ccccc3)nc(-n3c4ccccc4c4ccccc43)n2)c1. The lowest BCUT2D eigenvalue weighted by atomic mass is 9.82. The Labute approximate surface area is 409 Å². The van der Waals surface area contributed by atoms with Gasteiger partial charge in [-0.15, -0.1) is 0 Å². The van der Waals surface area contributed by atoms with E-state index >= 15 is 0 Å². The van der Waals surface area contributed by atoms with E-state index in [-0.39, 0.29) is 10.8 Å². The molecule has 0 radical (unpaired) electrons. The van der Waals surface area contributed by atoms with Gasteiger partial charge in [0.15, 0.2) is 19.7 Å². The first-order chi connectivity index (χ1) is 34.2. The molecule has 13 rings (SSSR count). The summed E-state index contributed by atoms with van der Waals surface area (Å²) in [5, 5.41) is 9.90. The Kier molecular flexibility index (Phi) is 9.55. The molecule has 0 saturated carbocycles. The largest absolute Gasteiger partial charge is 0.309 e. The van der Waals surface area contributed by atoms with Crippen molar-refractivity contribution >= 4 is 72.4 Å².